The summed E-state index contributed by atoms with van der Waals surface area (Å²) in [4.78, 5) is 11.3. The minimum atomic E-state index is -0.243. The molecule has 0 spiro atoms. The summed E-state index contributed by atoms with van der Waals surface area (Å²) in [5.74, 6) is 0.618. The summed E-state index contributed by atoms with van der Waals surface area (Å²) in [6.45, 7) is 0.672. The van der Waals surface area contributed by atoms with E-state index in [2.05, 4.69) is 27.9 Å². The highest BCUT2D eigenvalue weighted by atomic mass is 127. The summed E-state index contributed by atoms with van der Waals surface area (Å²) in [5, 5.41) is 3.09. The quantitative estimate of drug-likeness (QED) is 0.666. The molecule has 1 saturated heterocycles. The number of hydrogen-bond acceptors (Lipinski definition) is 4. The number of ether oxygens (including phenoxy) is 2. The molecule has 0 bridgehead atoms. The molecule has 0 amide bonds. The Labute approximate surface area is 114 Å². The van der Waals surface area contributed by atoms with E-state index in [4.69, 9.17) is 9.47 Å². The Balaban J connectivity index is 1.92. The zero-order chi connectivity index (χ0) is 12.3. The molecule has 1 N–H and O–H groups in total. The third-order valence-electron chi connectivity index (χ3n) is 2.68. The van der Waals surface area contributed by atoms with Crippen molar-refractivity contribution in [1.82, 2.24) is 5.32 Å². The van der Waals surface area contributed by atoms with E-state index < -0.39 is 0 Å². The molecule has 2 rings (SSSR count). The molecule has 0 unspecified atom stereocenters. The fourth-order valence-corrected chi connectivity index (χ4v) is 2.36. The third-order valence-corrected chi connectivity index (χ3v) is 3.35. The molecule has 4 nitrogen and oxygen atoms in total. The first kappa shape index (κ1) is 12.6. The van der Waals surface area contributed by atoms with Gasteiger partial charge >= 0.3 is 5.97 Å². The molecular formula is C12H14INO3. The minimum absolute atomic E-state index is 0.0253. The van der Waals surface area contributed by atoms with Crippen molar-refractivity contribution in [3.8, 4) is 5.75 Å². The van der Waals surface area contributed by atoms with Gasteiger partial charge in [0, 0.05) is 16.5 Å². The van der Waals surface area contributed by atoms with Crippen molar-refractivity contribution in [2.24, 2.45) is 0 Å². The van der Waals surface area contributed by atoms with Crippen molar-refractivity contribution >= 4 is 28.6 Å². The highest BCUT2D eigenvalue weighted by Gasteiger charge is 2.31. The van der Waals surface area contributed by atoms with Gasteiger partial charge in [0.1, 0.15) is 17.9 Å². The zero-order valence-corrected chi connectivity index (χ0v) is 11.6. The number of carbonyl (C=O) groups excluding carboxylic acids is 1. The lowest BCUT2D eigenvalue weighted by Gasteiger charge is -2.12. The van der Waals surface area contributed by atoms with Gasteiger partial charge in [0.15, 0.2) is 0 Å². The first-order chi connectivity index (χ1) is 8.19. The fourth-order valence-electron chi connectivity index (χ4n) is 1.85. The van der Waals surface area contributed by atoms with E-state index in [0.717, 1.165) is 9.32 Å². The van der Waals surface area contributed by atoms with Gasteiger partial charge in [-0.1, -0.05) is 6.07 Å². The molecule has 0 aliphatic carbocycles. The van der Waals surface area contributed by atoms with Gasteiger partial charge in [0.25, 0.3) is 0 Å². The largest absolute Gasteiger partial charge is 0.489 e. The summed E-state index contributed by atoms with van der Waals surface area (Å²) < 4.78 is 11.6. The van der Waals surface area contributed by atoms with Crippen LogP contribution in [-0.2, 0) is 9.53 Å². The average molecular weight is 347 g/mol. The molecule has 5 heteroatoms. The fraction of sp³-hybridized carbons (Fsp3) is 0.417. The minimum Gasteiger partial charge on any atom is -0.489 e. The number of halogens is 1. The Morgan fingerprint density at radius 1 is 1.53 bits per heavy atom. The van der Waals surface area contributed by atoms with Gasteiger partial charge in [0.2, 0.25) is 0 Å². The number of esters is 1. The van der Waals surface area contributed by atoms with Crippen molar-refractivity contribution in [1.29, 1.82) is 0 Å². The van der Waals surface area contributed by atoms with Gasteiger partial charge in [-0.05, 0) is 40.8 Å². The molecule has 1 fully saturated rings. The number of rotatable bonds is 3. The van der Waals surface area contributed by atoms with Crippen molar-refractivity contribution in [3.05, 3.63) is 27.8 Å². The SMILES string of the molecule is COC(=O)[C@H]1C[C@@H](Oc2cccc(I)c2)CN1. The van der Waals surface area contributed by atoms with E-state index in [1.54, 1.807) is 0 Å². The molecule has 0 aromatic heterocycles. The maximum Gasteiger partial charge on any atom is 0.323 e. The van der Waals surface area contributed by atoms with Crippen molar-refractivity contribution in [2.75, 3.05) is 13.7 Å². The van der Waals surface area contributed by atoms with Crippen LogP contribution in [0.25, 0.3) is 0 Å². The summed E-state index contributed by atoms with van der Waals surface area (Å²) in [6, 6.07) is 7.63. The van der Waals surface area contributed by atoms with Crippen LogP contribution in [0.15, 0.2) is 24.3 Å². The highest BCUT2D eigenvalue weighted by molar-refractivity contribution is 14.1. The molecule has 92 valence electrons. The molecule has 1 heterocycles. The van der Waals surface area contributed by atoms with E-state index >= 15 is 0 Å². The summed E-state index contributed by atoms with van der Waals surface area (Å²) in [5.41, 5.74) is 0. The van der Waals surface area contributed by atoms with Crippen LogP contribution in [0.5, 0.6) is 5.75 Å². The lowest BCUT2D eigenvalue weighted by Crippen LogP contribution is -2.31. The van der Waals surface area contributed by atoms with Crippen LogP contribution >= 0.6 is 22.6 Å². The van der Waals surface area contributed by atoms with E-state index in [0.29, 0.717) is 13.0 Å². The maximum absolute atomic E-state index is 11.3. The van der Waals surface area contributed by atoms with Crippen molar-refractivity contribution in [3.63, 3.8) is 0 Å². The van der Waals surface area contributed by atoms with Gasteiger partial charge in [-0.15, -0.1) is 0 Å². The van der Waals surface area contributed by atoms with Crippen LogP contribution in [-0.4, -0.2) is 31.8 Å². The number of methoxy groups -OCH3 is 1. The van der Waals surface area contributed by atoms with E-state index in [1.807, 2.05) is 24.3 Å². The highest BCUT2D eigenvalue weighted by Crippen LogP contribution is 2.19. The Bertz CT molecular complexity index is 410. The Morgan fingerprint density at radius 3 is 3.06 bits per heavy atom. The lowest BCUT2D eigenvalue weighted by atomic mass is 10.2. The Hall–Kier alpha value is -0.820. The van der Waals surface area contributed by atoms with Gasteiger partial charge in [-0.3, -0.25) is 4.79 Å². The predicted octanol–water partition coefficient (Wildman–Crippen LogP) is 1.57. The number of carbonyl (C=O) groups is 1. The predicted molar refractivity (Wildman–Crippen MR) is 72.0 cm³/mol. The lowest BCUT2D eigenvalue weighted by molar-refractivity contribution is -0.142. The summed E-state index contributed by atoms with van der Waals surface area (Å²) >= 11 is 2.24. The van der Waals surface area contributed by atoms with E-state index in [9.17, 15) is 4.79 Å². The molecule has 1 aromatic carbocycles. The van der Waals surface area contributed by atoms with Crippen LogP contribution in [0.4, 0.5) is 0 Å². The first-order valence-corrected chi connectivity index (χ1v) is 6.50. The van der Waals surface area contributed by atoms with Gasteiger partial charge < -0.3 is 14.8 Å². The smallest absolute Gasteiger partial charge is 0.323 e. The van der Waals surface area contributed by atoms with E-state index in [1.165, 1.54) is 7.11 Å². The monoisotopic (exact) mass is 347 g/mol. The molecule has 1 aliphatic heterocycles. The Morgan fingerprint density at radius 2 is 2.35 bits per heavy atom. The zero-order valence-electron chi connectivity index (χ0n) is 9.48. The second-order valence-corrected chi connectivity index (χ2v) is 5.16. The van der Waals surface area contributed by atoms with Crippen LogP contribution in [0.2, 0.25) is 0 Å². The van der Waals surface area contributed by atoms with Crippen molar-refractivity contribution < 1.29 is 14.3 Å². The van der Waals surface area contributed by atoms with E-state index in [-0.39, 0.29) is 18.1 Å². The Kier molecular flexibility index (Phi) is 4.22. The molecular weight excluding hydrogens is 333 g/mol. The molecule has 1 aromatic rings. The molecule has 2 atom stereocenters. The molecule has 1 aliphatic rings. The first-order valence-electron chi connectivity index (χ1n) is 5.42. The van der Waals surface area contributed by atoms with Gasteiger partial charge in [0.05, 0.1) is 7.11 Å². The van der Waals surface area contributed by atoms with Gasteiger partial charge in [-0.25, -0.2) is 0 Å². The van der Waals surface area contributed by atoms with Crippen LogP contribution < -0.4 is 10.1 Å². The summed E-state index contributed by atoms with van der Waals surface area (Å²) in [7, 11) is 1.40. The number of nitrogens with one attached hydrogen (secondary N) is 1. The maximum atomic E-state index is 11.3. The average Bonchev–Trinajstić information content (AvgIpc) is 2.76. The van der Waals surface area contributed by atoms with Gasteiger partial charge in [-0.2, -0.15) is 0 Å². The molecule has 0 radical (unpaired) electrons. The van der Waals surface area contributed by atoms with Crippen molar-refractivity contribution in [2.45, 2.75) is 18.6 Å². The second-order valence-electron chi connectivity index (χ2n) is 3.92. The second kappa shape index (κ2) is 5.68. The van der Waals surface area contributed by atoms with Crippen LogP contribution in [0.3, 0.4) is 0 Å². The topological polar surface area (TPSA) is 47.6 Å². The van der Waals surface area contributed by atoms with Crippen LogP contribution in [0, 0.1) is 3.57 Å². The van der Waals surface area contributed by atoms with Crippen LogP contribution in [0.1, 0.15) is 6.42 Å². The number of hydrogen-bond donors (Lipinski definition) is 1. The number of benzene rings is 1. The molecule has 17 heavy (non-hydrogen) atoms. The molecule has 0 saturated carbocycles. The standard InChI is InChI=1S/C12H14INO3/c1-16-12(15)11-6-10(7-14-11)17-9-4-2-3-8(13)5-9/h2-5,10-11,14H,6-7H2,1H3/t10-,11-/m1/s1. The normalized spacial score (nSPS) is 23.4. The third kappa shape index (κ3) is 3.32. The summed E-state index contributed by atoms with van der Waals surface area (Å²) in [6.07, 6.45) is 0.676.